The molecule has 0 unspecified atom stereocenters. The molecule has 1 amide bonds. The minimum Gasteiger partial charge on any atom is -0.337 e. The van der Waals surface area contributed by atoms with Crippen molar-refractivity contribution in [3.8, 4) is 11.1 Å². The van der Waals surface area contributed by atoms with Gasteiger partial charge in [-0.25, -0.2) is 13.1 Å². The van der Waals surface area contributed by atoms with E-state index in [0.717, 1.165) is 68.2 Å². The van der Waals surface area contributed by atoms with Crippen molar-refractivity contribution in [1.29, 1.82) is 0 Å². The smallest absolute Gasteiger partial charge is 0.264 e. The average molecular weight is 606 g/mol. The third-order valence-electron chi connectivity index (χ3n) is 8.39. The van der Waals surface area contributed by atoms with Gasteiger partial charge in [-0.15, -0.1) is 0 Å². The van der Waals surface area contributed by atoms with Gasteiger partial charge in [-0.2, -0.15) is 0 Å². The summed E-state index contributed by atoms with van der Waals surface area (Å²) in [6.07, 6.45) is 7.14. The second-order valence-corrected chi connectivity index (χ2v) is 13.0. The zero-order chi connectivity index (χ0) is 30.6. The van der Waals surface area contributed by atoms with Gasteiger partial charge in [0.1, 0.15) is 17.7 Å². The molecule has 228 valence electrons. The molecule has 0 saturated heterocycles. The fourth-order valence-electron chi connectivity index (χ4n) is 5.91. The quantitative estimate of drug-likeness (QED) is 0.200. The molecule has 1 spiro atoms. The highest BCUT2D eigenvalue weighted by Gasteiger charge is 2.49. The molecular weight excluding hydrogens is 566 g/mol. The molecule has 0 atom stereocenters. The van der Waals surface area contributed by atoms with Gasteiger partial charge in [-0.3, -0.25) is 14.7 Å². The third-order valence-corrected chi connectivity index (χ3v) is 9.78. The Balaban J connectivity index is 1.49. The van der Waals surface area contributed by atoms with E-state index in [1.165, 1.54) is 0 Å². The Morgan fingerprint density at radius 1 is 1.09 bits per heavy atom. The minimum atomic E-state index is -4.04. The topological polar surface area (TPSA) is 134 Å². The molecule has 2 heterocycles. The van der Waals surface area contributed by atoms with Crippen LogP contribution in [0.1, 0.15) is 74.3 Å². The van der Waals surface area contributed by atoms with Crippen molar-refractivity contribution in [1.82, 2.24) is 15.4 Å². The first-order valence-electron chi connectivity index (χ1n) is 14.9. The van der Waals surface area contributed by atoms with Crippen molar-refractivity contribution in [3.63, 3.8) is 0 Å². The van der Waals surface area contributed by atoms with Crippen molar-refractivity contribution in [3.05, 3.63) is 64.8 Å². The summed E-state index contributed by atoms with van der Waals surface area (Å²) >= 11 is 0. The molecule has 2 N–H and O–H groups in total. The van der Waals surface area contributed by atoms with Crippen LogP contribution in [0.3, 0.4) is 0 Å². The monoisotopic (exact) mass is 605 g/mol. The number of nitrogens with one attached hydrogen (secondary N) is 2. The average Bonchev–Trinajstić information content (AvgIpc) is 3.67. The SMILES string of the molecule is CCCCC1=NC2(CCCC2)C(=O)N1Cc1ccc(-c2ccccc2S(=O)(=O)Nc2onc(C)c2C)c(CNCC=O)c1. The number of anilines is 1. The fourth-order valence-corrected chi connectivity index (χ4v) is 7.18. The van der Waals surface area contributed by atoms with E-state index < -0.39 is 15.6 Å². The molecule has 0 bridgehead atoms. The van der Waals surface area contributed by atoms with Gasteiger partial charge in [0.05, 0.1) is 23.7 Å². The van der Waals surface area contributed by atoms with Crippen LogP contribution in [0.5, 0.6) is 0 Å². The van der Waals surface area contributed by atoms with Crippen molar-refractivity contribution < 1.29 is 22.5 Å². The zero-order valence-electron chi connectivity index (χ0n) is 25.0. The number of carbonyl (C=O) groups excluding carboxylic acids is 2. The van der Waals surface area contributed by atoms with Crippen molar-refractivity contribution >= 4 is 33.9 Å². The second-order valence-electron chi connectivity index (χ2n) is 11.4. The zero-order valence-corrected chi connectivity index (χ0v) is 25.8. The fraction of sp³-hybridized carbons (Fsp3) is 0.438. The van der Waals surface area contributed by atoms with Gasteiger partial charge >= 0.3 is 0 Å². The maximum atomic E-state index is 13.7. The molecule has 5 rings (SSSR count). The number of hydrogen-bond acceptors (Lipinski definition) is 8. The Morgan fingerprint density at radius 2 is 1.86 bits per heavy atom. The number of amidine groups is 1. The van der Waals surface area contributed by atoms with E-state index in [-0.39, 0.29) is 23.2 Å². The number of aldehydes is 1. The van der Waals surface area contributed by atoms with E-state index in [1.54, 1.807) is 38.1 Å². The molecule has 1 saturated carbocycles. The van der Waals surface area contributed by atoms with E-state index >= 15 is 0 Å². The lowest BCUT2D eigenvalue weighted by Crippen LogP contribution is -2.40. The summed E-state index contributed by atoms with van der Waals surface area (Å²) in [5, 5.41) is 6.97. The number of hydrogen-bond donors (Lipinski definition) is 2. The molecule has 0 radical (unpaired) electrons. The highest BCUT2D eigenvalue weighted by atomic mass is 32.2. The Labute approximate surface area is 253 Å². The highest BCUT2D eigenvalue weighted by Crippen LogP contribution is 2.40. The van der Waals surface area contributed by atoms with Crippen LogP contribution in [0.15, 0.2) is 56.9 Å². The van der Waals surface area contributed by atoms with Gasteiger partial charge in [0.25, 0.3) is 15.9 Å². The van der Waals surface area contributed by atoms with E-state index in [0.29, 0.717) is 35.5 Å². The molecule has 3 aromatic rings. The van der Waals surface area contributed by atoms with Crippen LogP contribution in [0.25, 0.3) is 11.1 Å². The number of carbonyl (C=O) groups is 2. The molecule has 43 heavy (non-hydrogen) atoms. The molecule has 10 nitrogen and oxygen atoms in total. The van der Waals surface area contributed by atoms with Gasteiger partial charge in [0, 0.05) is 24.1 Å². The number of amides is 1. The van der Waals surface area contributed by atoms with Crippen LogP contribution in [0, 0.1) is 13.8 Å². The van der Waals surface area contributed by atoms with E-state index in [9.17, 15) is 18.0 Å². The van der Waals surface area contributed by atoms with Gasteiger partial charge in [-0.1, -0.05) is 67.7 Å². The van der Waals surface area contributed by atoms with Gasteiger partial charge in [0.15, 0.2) is 0 Å². The highest BCUT2D eigenvalue weighted by molar-refractivity contribution is 7.92. The second kappa shape index (κ2) is 12.8. The summed E-state index contributed by atoms with van der Waals surface area (Å²) in [4.78, 5) is 31.7. The lowest BCUT2D eigenvalue weighted by atomic mass is 9.96. The number of nitrogens with zero attached hydrogens (tertiary/aromatic N) is 3. The number of unbranched alkanes of at least 4 members (excludes halogenated alkanes) is 1. The normalized spacial score (nSPS) is 16.2. The van der Waals surface area contributed by atoms with Crippen LogP contribution >= 0.6 is 0 Å². The number of aryl methyl sites for hydroxylation is 1. The first-order valence-corrected chi connectivity index (χ1v) is 16.4. The lowest BCUT2D eigenvalue weighted by molar-refractivity contribution is -0.131. The van der Waals surface area contributed by atoms with E-state index in [4.69, 9.17) is 9.52 Å². The molecule has 11 heteroatoms. The van der Waals surface area contributed by atoms with Gasteiger partial charge in [0.2, 0.25) is 5.88 Å². The predicted molar refractivity (Wildman–Crippen MR) is 165 cm³/mol. The molecule has 1 aromatic heterocycles. The van der Waals surface area contributed by atoms with Crippen LogP contribution in [0.2, 0.25) is 0 Å². The first-order chi connectivity index (χ1) is 20.7. The van der Waals surface area contributed by atoms with Crippen molar-refractivity contribution in [2.45, 2.75) is 89.2 Å². The maximum Gasteiger partial charge on any atom is 0.264 e. The summed E-state index contributed by atoms with van der Waals surface area (Å²) in [5.41, 5.74) is 3.52. The first kappa shape index (κ1) is 30.6. The molecule has 1 aliphatic heterocycles. The summed E-state index contributed by atoms with van der Waals surface area (Å²) < 4.78 is 34.9. The van der Waals surface area contributed by atoms with Crippen LogP contribution in [-0.2, 0) is 32.7 Å². The Kier molecular flexibility index (Phi) is 9.12. The number of sulfonamides is 1. The van der Waals surface area contributed by atoms with Crippen molar-refractivity contribution in [2.75, 3.05) is 11.3 Å². The van der Waals surface area contributed by atoms with E-state index in [1.807, 2.05) is 23.1 Å². The van der Waals surface area contributed by atoms with Crippen LogP contribution in [-0.4, -0.2) is 48.6 Å². The number of aliphatic imine (C=N–C) groups is 1. The molecule has 1 aliphatic carbocycles. The summed E-state index contributed by atoms with van der Waals surface area (Å²) in [6.45, 7) is 6.48. The predicted octanol–water partition coefficient (Wildman–Crippen LogP) is 5.29. The maximum absolute atomic E-state index is 13.7. The van der Waals surface area contributed by atoms with Gasteiger partial charge < -0.3 is 14.6 Å². The number of benzene rings is 2. The summed E-state index contributed by atoms with van der Waals surface area (Å²) in [6, 6.07) is 12.6. The van der Waals surface area contributed by atoms with Gasteiger partial charge in [-0.05, 0) is 55.9 Å². The van der Waals surface area contributed by atoms with Crippen LogP contribution < -0.4 is 10.0 Å². The van der Waals surface area contributed by atoms with Crippen molar-refractivity contribution in [2.24, 2.45) is 4.99 Å². The minimum absolute atomic E-state index is 0.0754. The summed E-state index contributed by atoms with van der Waals surface area (Å²) in [7, 11) is -4.04. The van der Waals surface area contributed by atoms with E-state index in [2.05, 4.69) is 22.1 Å². The lowest BCUT2D eigenvalue weighted by Gasteiger charge is -2.23. The third kappa shape index (κ3) is 6.28. The summed E-state index contributed by atoms with van der Waals surface area (Å²) in [5.74, 6) is 1.02. The Morgan fingerprint density at radius 3 is 2.56 bits per heavy atom. The molecule has 2 aromatic carbocycles. The number of rotatable bonds is 13. The molecular formula is C32H39N5O5S. The Bertz CT molecular complexity index is 1640. The Hall–Kier alpha value is -3.83. The van der Waals surface area contributed by atoms with Crippen LogP contribution in [0.4, 0.5) is 5.88 Å². The molecule has 2 aliphatic rings. The standard InChI is InChI=1S/C32H39N5O5S/c1-4-5-12-29-34-32(15-8-9-16-32)31(39)37(29)21-24-13-14-26(25(19-24)20-33-17-18-38)27-10-6-7-11-28(27)43(40,41)36-30-22(2)23(3)35-42-30/h6-7,10-11,13-14,18-19,33,36H,4-5,8-9,12,15-17,20-21H2,1-3H3. The molecule has 1 fully saturated rings. The largest absolute Gasteiger partial charge is 0.337 e. The number of aromatic nitrogens is 1.